The summed E-state index contributed by atoms with van der Waals surface area (Å²) in [5, 5.41) is 9.42. The Morgan fingerprint density at radius 1 is 1.05 bits per heavy atom. The van der Waals surface area contributed by atoms with Gasteiger partial charge in [-0.2, -0.15) is 0 Å². The lowest BCUT2D eigenvalue weighted by atomic mass is 9.93. The van der Waals surface area contributed by atoms with E-state index in [0.29, 0.717) is 29.7 Å². The van der Waals surface area contributed by atoms with Gasteiger partial charge in [0.1, 0.15) is 5.75 Å². The SMILES string of the molecule is Cc1cc(O)ccc1N1C(=O)C2=C(CCCC2)C1=O. The van der Waals surface area contributed by atoms with Gasteiger partial charge in [-0.05, 0) is 56.4 Å². The van der Waals surface area contributed by atoms with Crippen molar-refractivity contribution in [3.63, 3.8) is 0 Å². The molecule has 1 aromatic rings. The Hall–Kier alpha value is -2.10. The van der Waals surface area contributed by atoms with E-state index in [-0.39, 0.29) is 17.6 Å². The lowest BCUT2D eigenvalue weighted by Gasteiger charge is -2.17. The van der Waals surface area contributed by atoms with Crippen molar-refractivity contribution in [3.05, 3.63) is 34.9 Å². The van der Waals surface area contributed by atoms with Gasteiger partial charge in [0, 0.05) is 11.1 Å². The zero-order valence-corrected chi connectivity index (χ0v) is 10.8. The zero-order valence-electron chi connectivity index (χ0n) is 10.8. The predicted molar refractivity (Wildman–Crippen MR) is 70.8 cm³/mol. The quantitative estimate of drug-likeness (QED) is 0.786. The fraction of sp³-hybridized carbons (Fsp3) is 0.333. The molecule has 2 aliphatic rings. The van der Waals surface area contributed by atoms with E-state index in [4.69, 9.17) is 0 Å². The number of anilines is 1. The molecule has 0 saturated carbocycles. The van der Waals surface area contributed by atoms with E-state index >= 15 is 0 Å². The number of amides is 2. The molecule has 1 aromatic carbocycles. The van der Waals surface area contributed by atoms with E-state index in [1.165, 1.54) is 11.0 Å². The lowest BCUT2D eigenvalue weighted by Crippen LogP contribution is -2.32. The van der Waals surface area contributed by atoms with Crippen LogP contribution in [-0.2, 0) is 9.59 Å². The van der Waals surface area contributed by atoms with Gasteiger partial charge in [-0.1, -0.05) is 0 Å². The minimum absolute atomic E-state index is 0.137. The van der Waals surface area contributed by atoms with Gasteiger partial charge in [0.15, 0.2) is 0 Å². The molecule has 1 heterocycles. The van der Waals surface area contributed by atoms with Gasteiger partial charge < -0.3 is 5.11 Å². The smallest absolute Gasteiger partial charge is 0.261 e. The Labute approximate surface area is 111 Å². The van der Waals surface area contributed by atoms with Crippen LogP contribution in [0.25, 0.3) is 0 Å². The fourth-order valence-electron chi connectivity index (χ4n) is 2.85. The number of phenols is 1. The third-order valence-electron chi connectivity index (χ3n) is 3.81. The van der Waals surface area contributed by atoms with Crippen molar-refractivity contribution >= 4 is 17.5 Å². The van der Waals surface area contributed by atoms with Crippen LogP contribution in [0.4, 0.5) is 5.69 Å². The van der Waals surface area contributed by atoms with Gasteiger partial charge >= 0.3 is 0 Å². The number of imide groups is 1. The first kappa shape index (κ1) is 12.0. The van der Waals surface area contributed by atoms with Crippen molar-refractivity contribution in [2.75, 3.05) is 4.90 Å². The van der Waals surface area contributed by atoms with Crippen molar-refractivity contribution in [2.45, 2.75) is 32.6 Å². The monoisotopic (exact) mass is 257 g/mol. The number of nitrogens with zero attached hydrogens (tertiary/aromatic N) is 1. The van der Waals surface area contributed by atoms with Gasteiger partial charge in [-0.3, -0.25) is 9.59 Å². The maximum Gasteiger partial charge on any atom is 0.261 e. The highest BCUT2D eigenvalue weighted by molar-refractivity contribution is 6.33. The first-order valence-electron chi connectivity index (χ1n) is 6.50. The number of benzene rings is 1. The van der Waals surface area contributed by atoms with Crippen LogP contribution in [0, 0.1) is 6.92 Å². The molecule has 0 spiro atoms. The largest absolute Gasteiger partial charge is 0.508 e. The molecule has 0 bridgehead atoms. The highest BCUT2D eigenvalue weighted by Crippen LogP contribution is 2.37. The van der Waals surface area contributed by atoms with Gasteiger partial charge in [-0.25, -0.2) is 4.90 Å². The molecule has 3 rings (SSSR count). The molecule has 1 aliphatic heterocycles. The van der Waals surface area contributed by atoms with Crippen molar-refractivity contribution in [2.24, 2.45) is 0 Å². The van der Waals surface area contributed by atoms with Crippen LogP contribution in [0.5, 0.6) is 5.75 Å². The Bertz CT molecular complexity index is 588. The zero-order chi connectivity index (χ0) is 13.6. The molecular formula is C15H15NO3. The van der Waals surface area contributed by atoms with Crippen LogP contribution in [-0.4, -0.2) is 16.9 Å². The van der Waals surface area contributed by atoms with Gasteiger partial charge in [0.2, 0.25) is 0 Å². The number of hydrogen-bond acceptors (Lipinski definition) is 3. The molecule has 4 heteroatoms. The van der Waals surface area contributed by atoms with Crippen LogP contribution in [0.3, 0.4) is 0 Å². The molecule has 19 heavy (non-hydrogen) atoms. The summed E-state index contributed by atoms with van der Waals surface area (Å²) >= 11 is 0. The molecule has 1 aliphatic carbocycles. The second-order valence-corrected chi connectivity index (χ2v) is 5.08. The summed E-state index contributed by atoms with van der Waals surface area (Å²) in [5.74, 6) is -0.236. The molecular weight excluding hydrogens is 242 g/mol. The molecule has 1 N–H and O–H groups in total. The maximum atomic E-state index is 12.4. The van der Waals surface area contributed by atoms with Gasteiger partial charge in [0.05, 0.1) is 5.69 Å². The minimum Gasteiger partial charge on any atom is -0.508 e. The molecule has 2 amide bonds. The molecule has 0 fully saturated rings. The predicted octanol–water partition coefficient (Wildman–Crippen LogP) is 2.44. The second kappa shape index (κ2) is 4.23. The average Bonchev–Trinajstić information content (AvgIpc) is 2.64. The number of phenolic OH excluding ortho intramolecular Hbond substituents is 1. The van der Waals surface area contributed by atoms with E-state index in [9.17, 15) is 14.7 Å². The van der Waals surface area contributed by atoms with Gasteiger partial charge in [-0.15, -0.1) is 0 Å². The maximum absolute atomic E-state index is 12.4. The number of carbonyl (C=O) groups is 2. The van der Waals surface area contributed by atoms with E-state index in [1.54, 1.807) is 19.1 Å². The minimum atomic E-state index is -0.187. The van der Waals surface area contributed by atoms with Crippen molar-refractivity contribution < 1.29 is 14.7 Å². The molecule has 0 aromatic heterocycles. The van der Waals surface area contributed by atoms with Crippen molar-refractivity contribution in [1.29, 1.82) is 0 Å². The summed E-state index contributed by atoms with van der Waals surface area (Å²) in [7, 11) is 0. The summed E-state index contributed by atoms with van der Waals surface area (Å²) in [4.78, 5) is 26.0. The Kier molecular flexibility index (Phi) is 2.66. The van der Waals surface area contributed by atoms with E-state index in [1.807, 2.05) is 0 Å². The van der Waals surface area contributed by atoms with E-state index < -0.39 is 0 Å². The first-order chi connectivity index (χ1) is 9.09. The van der Waals surface area contributed by atoms with Crippen LogP contribution >= 0.6 is 0 Å². The summed E-state index contributed by atoms with van der Waals surface area (Å²) in [6.45, 7) is 1.78. The Balaban J connectivity index is 2.04. The van der Waals surface area contributed by atoms with Crippen molar-refractivity contribution in [3.8, 4) is 5.75 Å². The normalized spacial score (nSPS) is 19.1. The summed E-state index contributed by atoms with van der Waals surface area (Å²) in [5.41, 5.74) is 2.66. The topological polar surface area (TPSA) is 57.6 Å². The molecule has 0 radical (unpaired) electrons. The van der Waals surface area contributed by atoms with Crippen LogP contribution in [0.2, 0.25) is 0 Å². The number of aromatic hydroxyl groups is 1. The molecule has 0 unspecified atom stereocenters. The van der Waals surface area contributed by atoms with E-state index in [0.717, 1.165) is 18.4 Å². The average molecular weight is 257 g/mol. The number of rotatable bonds is 1. The summed E-state index contributed by atoms with van der Waals surface area (Å²) in [6, 6.07) is 4.69. The fourth-order valence-corrected chi connectivity index (χ4v) is 2.85. The van der Waals surface area contributed by atoms with Crippen LogP contribution < -0.4 is 4.90 Å². The summed E-state index contributed by atoms with van der Waals surface area (Å²) < 4.78 is 0. The summed E-state index contributed by atoms with van der Waals surface area (Å²) in [6.07, 6.45) is 3.35. The van der Waals surface area contributed by atoms with Gasteiger partial charge in [0.25, 0.3) is 11.8 Å². The molecule has 4 nitrogen and oxygen atoms in total. The van der Waals surface area contributed by atoms with Crippen molar-refractivity contribution in [1.82, 2.24) is 0 Å². The highest BCUT2D eigenvalue weighted by Gasteiger charge is 2.40. The second-order valence-electron chi connectivity index (χ2n) is 5.08. The number of hydrogen-bond donors (Lipinski definition) is 1. The first-order valence-corrected chi connectivity index (χ1v) is 6.50. The van der Waals surface area contributed by atoms with Crippen LogP contribution in [0.15, 0.2) is 29.3 Å². The standard InChI is InChI=1S/C15H15NO3/c1-9-8-10(17)6-7-13(9)16-14(18)11-4-2-3-5-12(11)15(16)19/h6-8,17H,2-5H2,1H3. The third kappa shape index (κ3) is 1.75. The van der Waals surface area contributed by atoms with Crippen LogP contribution in [0.1, 0.15) is 31.2 Å². The lowest BCUT2D eigenvalue weighted by molar-refractivity contribution is -0.120. The molecule has 0 atom stereocenters. The molecule has 98 valence electrons. The number of carbonyl (C=O) groups excluding carboxylic acids is 2. The van der Waals surface area contributed by atoms with E-state index in [2.05, 4.69) is 0 Å². The third-order valence-corrected chi connectivity index (χ3v) is 3.81. The highest BCUT2D eigenvalue weighted by atomic mass is 16.3. The number of aryl methyl sites for hydroxylation is 1. The molecule has 0 saturated heterocycles. The Morgan fingerprint density at radius 2 is 1.63 bits per heavy atom. The Morgan fingerprint density at radius 3 is 2.16 bits per heavy atom.